The van der Waals surface area contributed by atoms with Crippen molar-refractivity contribution in [2.45, 2.75) is 6.54 Å². The lowest BCUT2D eigenvalue weighted by Crippen LogP contribution is -2.17. The second-order valence-electron chi connectivity index (χ2n) is 4.90. The minimum Gasteiger partial charge on any atom is -0.452 e. The van der Waals surface area contributed by atoms with Crippen LogP contribution in [0.3, 0.4) is 0 Å². The molecule has 0 aliphatic heterocycles. The van der Waals surface area contributed by atoms with E-state index in [2.05, 4.69) is 15.9 Å². The van der Waals surface area contributed by atoms with Crippen LogP contribution < -0.4 is 10.3 Å². The third-order valence-corrected chi connectivity index (χ3v) is 4.04. The molecule has 0 aliphatic carbocycles. The van der Waals surface area contributed by atoms with Gasteiger partial charge in [0.2, 0.25) is 5.76 Å². The Hall–Kier alpha value is -2.31. The van der Waals surface area contributed by atoms with Crippen molar-refractivity contribution in [1.29, 1.82) is 0 Å². The van der Waals surface area contributed by atoms with Crippen LogP contribution in [0.1, 0.15) is 16.3 Å². The van der Waals surface area contributed by atoms with Crippen molar-refractivity contribution in [3.05, 3.63) is 86.1 Å². The predicted octanol–water partition coefficient (Wildman–Crippen LogP) is 4.12. The standard InChI is InChI=1S/C17H11BrClNO4/c18-13-9-11(19)4-6-14(13)24-17(22)15-7-5-12(23-15)10-20-8-2-1-3-16(20)21/h1-9H,10H2. The van der Waals surface area contributed by atoms with Gasteiger partial charge in [0.05, 0.1) is 11.0 Å². The summed E-state index contributed by atoms with van der Waals surface area (Å²) in [6.45, 7) is 0.234. The Morgan fingerprint density at radius 2 is 2.04 bits per heavy atom. The highest BCUT2D eigenvalue weighted by molar-refractivity contribution is 9.10. The lowest BCUT2D eigenvalue weighted by Gasteiger charge is -2.05. The minimum atomic E-state index is -0.635. The molecule has 0 amide bonds. The zero-order valence-electron chi connectivity index (χ0n) is 12.2. The second-order valence-corrected chi connectivity index (χ2v) is 6.19. The van der Waals surface area contributed by atoms with E-state index in [1.54, 1.807) is 42.6 Å². The van der Waals surface area contributed by atoms with Crippen LogP contribution in [0, 0.1) is 0 Å². The Balaban J connectivity index is 1.74. The fourth-order valence-corrected chi connectivity index (χ4v) is 2.80. The third kappa shape index (κ3) is 3.77. The summed E-state index contributed by atoms with van der Waals surface area (Å²) in [5.41, 5.74) is -0.150. The highest BCUT2D eigenvalue weighted by Gasteiger charge is 2.16. The van der Waals surface area contributed by atoms with E-state index in [4.69, 9.17) is 20.8 Å². The molecule has 2 heterocycles. The van der Waals surface area contributed by atoms with E-state index < -0.39 is 5.97 Å². The maximum atomic E-state index is 12.1. The lowest BCUT2D eigenvalue weighted by molar-refractivity contribution is 0.0698. The molecule has 0 atom stereocenters. The third-order valence-electron chi connectivity index (χ3n) is 3.18. The van der Waals surface area contributed by atoms with E-state index in [0.717, 1.165) is 0 Å². The quantitative estimate of drug-likeness (QED) is 0.481. The number of esters is 1. The number of halogens is 2. The maximum Gasteiger partial charge on any atom is 0.379 e. The van der Waals surface area contributed by atoms with E-state index in [0.29, 0.717) is 21.0 Å². The first-order valence-corrected chi connectivity index (χ1v) is 8.11. The number of hydrogen-bond acceptors (Lipinski definition) is 4. The molecule has 122 valence electrons. The molecule has 0 saturated heterocycles. The van der Waals surface area contributed by atoms with Crippen LogP contribution in [-0.4, -0.2) is 10.5 Å². The number of aromatic nitrogens is 1. The van der Waals surface area contributed by atoms with Crippen molar-refractivity contribution >= 4 is 33.5 Å². The number of nitrogens with zero attached hydrogens (tertiary/aromatic N) is 1. The van der Waals surface area contributed by atoms with E-state index >= 15 is 0 Å². The summed E-state index contributed by atoms with van der Waals surface area (Å²) in [6.07, 6.45) is 1.65. The largest absolute Gasteiger partial charge is 0.452 e. The summed E-state index contributed by atoms with van der Waals surface area (Å²) in [5.74, 6) is 0.229. The first-order valence-electron chi connectivity index (χ1n) is 6.94. The first kappa shape index (κ1) is 16.5. The van der Waals surface area contributed by atoms with Gasteiger partial charge in [-0.15, -0.1) is 0 Å². The van der Waals surface area contributed by atoms with Crippen LogP contribution in [0.15, 0.2) is 68.4 Å². The van der Waals surface area contributed by atoms with Crippen molar-refractivity contribution in [2.75, 3.05) is 0 Å². The van der Waals surface area contributed by atoms with Gasteiger partial charge in [0, 0.05) is 17.3 Å². The Morgan fingerprint density at radius 1 is 1.21 bits per heavy atom. The van der Waals surface area contributed by atoms with Gasteiger partial charge >= 0.3 is 5.97 Å². The summed E-state index contributed by atoms with van der Waals surface area (Å²) >= 11 is 9.12. The van der Waals surface area contributed by atoms with Crippen LogP contribution in [0.5, 0.6) is 5.75 Å². The van der Waals surface area contributed by atoms with Gasteiger partial charge in [0.25, 0.3) is 5.56 Å². The molecule has 0 unspecified atom stereocenters. The number of furan rings is 1. The van der Waals surface area contributed by atoms with Gasteiger partial charge in [-0.1, -0.05) is 17.7 Å². The van der Waals surface area contributed by atoms with Crippen molar-refractivity contribution in [3.8, 4) is 5.75 Å². The van der Waals surface area contributed by atoms with E-state index in [-0.39, 0.29) is 17.9 Å². The van der Waals surface area contributed by atoms with E-state index in [1.165, 1.54) is 16.7 Å². The maximum absolute atomic E-state index is 12.1. The van der Waals surface area contributed by atoms with Crippen molar-refractivity contribution < 1.29 is 13.9 Å². The van der Waals surface area contributed by atoms with E-state index in [1.807, 2.05) is 0 Å². The molecule has 0 bridgehead atoms. The summed E-state index contributed by atoms with van der Waals surface area (Å²) in [5, 5.41) is 0.523. The molecule has 0 N–H and O–H groups in total. The Labute approximate surface area is 150 Å². The van der Waals surface area contributed by atoms with Crippen LogP contribution in [0.25, 0.3) is 0 Å². The summed E-state index contributed by atoms with van der Waals surface area (Å²) in [4.78, 5) is 23.8. The number of carbonyl (C=O) groups excluding carboxylic acids is 1. The zero-order valence-corrected chi connectivity index (χ0v) is 14.6. The topological polar surface area (TPSA) is 61.4 Å². The molecule has 24 heavy (non-hydrogen) atoms. The number of ether oxygens (including phenoxy) is 1. The summed E-state index contributed by atoms with van der Waals surface area (Å²) in [7, 11) is 0. The SMILES string of the molecule is O=C(Oc1ccc(Cl)cc1Br)c1ccc(Cn2ccccc2=O)o1. The summed E-state index contributed by atoms with van der Waals surface area (Å²) < 4.78 is 12.8. The minimum absolute atomic E-state index is 0.0517. The predicted molar refractivity (Wildman–Crippen MR) is 92.6 cm³/mol. The lowest BCUT2D eigenvalue weighted by atomic mass is 10.3. The molecule has 0 aliphatic rings. The van der Waals surface area contributed by atoms with E-state index in [9.17, 15) is 9.59 Å². The number of hydrogen-bond donors (Lipinski definition) is 0. The highest BCUT2D eigenvalue weighted by atomic mass is 79.9. The number of rotatable bonds is 4. The fraction of sp³-hybridized carbons (Fsp3) is 0.0588. The van der Waals surface area contributed by atoms with Gasteiger partial charge in [-0.2, -0.15) is 0 Å². The molecular weight excluding hydrogens is 398 g/mol. The molecule has 3 rings (SSSR count). The molecule has 3 aromatic rings. The summed E-state index contributed by atoms with van der Waals surface area (Å²) in [6, 6.07) is 12.8. The number of benzene rings is 1. The first-order chi connectivity index (χ1) is 11.5. The van der Waals surface area contributed by atoms with Crippen LogP contribution in [-0.2, 0) is 6.54 Å². The average molecular weight is 409 g/mol. The average Bonchev–Trinajstić information content (AvgIpc) is 3.01. The van der Waals surface area contributed by atoms with Crippen molar-refractivity contribution in [2.24, 2.45) is 0 Å². The molecular formula is C17H11BrClNO4. The smallest absolute Gasteiger partial charge is 0.379 e. The van der Waals surface area contributed by atoms with Gasteiger partial charge in [0.15, 0.2) is 0 Å². The van der Waals surface area contributed by atoms with Crippen molar-refractivity contribution in [3.63, 3.8) is 0 Å². The van der Waals surface area contributed by atoms with Crippen molar-refractivity contribution in [1.82, 2.24) is 4.57 Å². The second kappa shape index (κ2) is 7.07. The Morgan fingerprint density at radius 3 is 2.79 bits per heavy atom. The van der Waals surface area contributed by atoms with Gasteiger partial charge in [-0.25, -0.2) is 4.79 Å². The van der Waals surface area contributed by atoms with Gasteiger partial charge < -0.3 is 13.7 Å². The molecule has 0 spiro atoms. The van der Waals surface area contributed by atoms with Gasteiger partial charge in [-0.05, 0) is 52.3 Å². The normalized spacial score (nSPS) is 10.6. The molecule has 0 fully saturated rings. The number of pyridine rings is 1. The van der Waals surface area contributed by atoms with Crippen LogP contribution >= 0.6 is 27.5 Å². The molecule has 5 nitrogen and oxygen atoms in total. The molecule has 1 aromatic carbocycles. The zero-order chi connectivity index (χ0) is 17.1. The van der Waals surface area contributed by atoms with Crippen LogP contribution in [0.4, 0.5) is 0 Å². The monoisotopic (exact) mass is 407 g/mol. The molecule has 7 heteroatoms. The van der Waals surface area contributed by atoms with Crippen LogP contribution in [0.2, 0.25) is 5.02 Å². The fourth-order valence-electron chi connectivity index (χ4n) is 2.04. The molecule has 0 radical (unpaired) electrons. The van der Waals surface area contributed by atoms with Gasteiger partial charge in [-0.3, -0.25) is 4.79 Å². The molecule has 0 saturated carbocycles. The highest BCUT2D eigenvalue weighted by Crippen LogP contribution is 2.28. The Bertz CT molecular complexity index is 948. The number of carbonyl (C=O) groups is 1. The van der Waals surface area contributed by atoms with Gasteiger partial charge in [0.1, 0.15) is 11.5 Å². The molecule has 2 aromatic heterocycles. The Kier molecular flexibility index (Phi) is 4.87.